The molecule has 0 bridgehead atoms. The maximum atomic E-state index is 12.5. The summed E-state index contributed by atoms with van der Waals surface area (Å²) in [6.45, 7) is 4.29. The third-order valence-electron chi connectivity index (χ3n) is 4.18. The fourth-order valence-electron chi connectivity index (χ4n) is 2.67. The first-order valence-corrected chi connectivity index (χ1v) is 11.1. The van der Waals surface area contributed by atoms with Gasteiger partial charge in [-0.3, -0.25) is 10.1 Å². The van der Waals surface area contributed by atoms with Crippen molar-refractivity contribution in [3.63, 3.8) is 0 Å². The zero-order valence-electron chi connectivity index (χ0n) is 15.8. The summed E-state index contributed by atoms with van der Waals surface area (Å²) in [6, 6.07) is 13.0. The average Bonchev–Trinajstić information content (AvgIpc) is 3.17. The SMILES string of the molecule is CCN(CC)S(=O)(=O)c1ccc(C(=O)Nc2nnc(-c3cccc(Br)c3)o2)cc1. The van der Waals surface area contributed by atoms with E-state index in [1.54, 1.807) is 19.9 Å². The van der Waals surface area contributed by atoms with E-state index in [1.165, 1.54) is 28.6 Å². The fraction of sp³-hybridized carbons (Fsp3) is 0.211. The number of sulfonamides is 1. The predicted octanol–water partition coefficient (Wildman–Crippen LogP) is 3.78. The van der Waals surface area contributed by atoms with E-state index in [1.807, 2.05) is 18.2 Å². The van der Waals surface area contributed by atoms with Gasteiger partial charge in [0.05, 0.1) is 4.90 Å². The fourth-order valence-corrected chi connectivity index (χ4v) is 4.53. The summed E-state index contributed by atoms with van der Waals surface area (Å²) in [6.07, 6.45) is 0. The van der Waals surface area contributed by atoms with Crippen LogP contribution in [-0.4, -0.2) is 41.9 Å². The number of benzene rings is 2. The van der Waals surface area contributed by atoms with Gasteiger partial charge in [-0.25, -0.2) is 8.42 Å². The van der Waals surface area contributed by atoms with Crippen molar-refractivity contribution in [1.82, 2.24) is 14.5 Å². The number of carbonyl (C=O) groups excluding carboxylic acids is 1. The summed E-state index contributed by atoms with van der Waals surface area (Å²) in [5.41, 5.74) is 0.976. The van der Waals surface area contributed by atoms with Gasteiger partial charge in [0, 0.05) is 28.7 Å². The van der Waals surface area contributed by atoms with Crippen molar-refractivity contribution in [3.8, 4) is 11.5 Å². The Morgan fingerprint density at radius 3 is 2.41 bits per heavy atom. The lowest BCUT2D eigenvalue weighted by Gasteiger charge is -2.18. The average molecular weight is 479 g/mol. The molecule has 0 unspecified atom stereocenters. The molecule has 0 fully saturated rings. The third kappa shape index (κ3) is 4.72. The molecule has 1 aromatic heterocycles. The first-order chi connectivity index (χ1) is 13.8. The van der Waals surface area contributed by atoms with Crippen LogP contribution >= 0.6 is 15.9 Å². The molecule has 2 aromatic carbocycles. The summed E-state index contributed by atoms with van der Waals surface area (Å²) in [5.74, 6) is -0.219. The Morgan fingerprint density at radius 1 is 1.10 bits per heavy atom. The molecular formula is C19H19BrN4O4S. The predicted molar refractivity (Wildman–Crippen MR) is 112 cm³/mol. The lowest BCUT2D eigenvalue weighted by Crippen LogP contribution is -2.30. The minimum Gasteiger partial charge on any atom is -0.403 e. The Morgan fingerprint density at radius 2 is 1.79 bits per heavy atom. The highest BCUT2D eigenvalue weighted by Gasteiger charge is 2.22. The van der Waals surface area contributed by atoms with Crippen molar-refractivity contribution in [2.75, 3.05) is 18.4 Å². The third-order valence-corrected chi connectivity index (χ3v) is 6.73. The van der Waals surface area contributed by atoms with Crippen molar-refractivity contribution in [1.29, 1.82) is 0 Å². The molecule has 0 aliphatic carbocycles. The Bertz CT molecular complexity index is 1110. The van der Waals surface area contributed by atoms with Gasteiger partial charge < -0.3 is 4.42 Å². The Kier molecular flexibility index (Phi) is 6.46. The molecule has 1 heterocycles. The van der Waals surface area contributed by atoms with Crippen molar-refractivity contribution in [2.45, 2.75) is 18.7 Å². The van der Waals surface area contributed by atoms with E-state index < -0.39 is 15.9 Å². The van der Waals surface area contributed by atoms with E-state index in [-0.39, 0.29) is 22.4 Å². The summed E-state index contributed by atoms with van der Waals surface area (Å²) in [4.78, 5) is 12.5. The van der Waals surface area contributed by atoms with E-state index in [0.717, 1.165) is 4.47 Å². The molecular weight excluding hydrogens is 460 g/mol. The number of carbonyl (C=O) groups is 1. The molecule has 1 amide bonds. The first kappa shape index (κ1) is 21.2. The Balaban J connectivity index is 1.73. The van der Waals surface area contributed by atoms with Gasteiger partial charge in [0.2, 0.25) is 15.9 Å². The molecule has 0 aliphatic rings. The highest BCUT2D eigenvalue weighted by atomic mass is 79.9. The van der Waals surface area contributed by atoms with Crippen LogP contribution in [0.3, 0.4) is 0 Å². The van der Waals surface area contributed by atoms with Crippen molar-refractivity contribution >= 4 is 37.9 Å². The van der Waals surface area contributed by atoms with E-state index in [0.29, 0.717) is 18.7 Å². The number of anilines is 1. The van der Waals surface area contributed by atoms with Crippen LogP contribution in [0.25, 0.3) is 11.5 Å². The quantitative estimate of drug-likeness (QED) is 0.553. The molecule has 0 saturated heterocycles. The number of hydrogen-bond acceptors (Lipinski definition) is 6. The summed E-state index contributed by atoms with van der Waals surface area (Å²) in [5, 5.41) is 10.3. The second kappa shape index (κ2) is 8.85. The highest BCUT2D eigenvalue weighted by molar-refractivity contribution is 9.10. The number of rotatable bonds is 7. The molecule has 0 aliphatic heterocycles. The standard InChI is InChI=1S/C19H19BrN4O4S/c1-3-24(4-2)29(26,27)16-10-8-13(9-11-16)17(25)21-19-23-22-18(28-19)14-6-5-7-15(20)12-14/h5-12H,3-4H2,1-2H3,(H,21,23,25). The van der Waals surface area contributed by atoms with Crippen LogP contribution in [-0.2, 0) is 10.0 Å². The Hall–Kier alpha value is -2.56. The number of halogens is 1. The van der Waals surface area contributed by atoms with Crippen LogP contribution in [0.4, 0.5) is 6.01 Å². The van der Waals surface area contributed by atoms with Gasteiger partial charge in [-0.2, -0.15) is 4.31 Å². The molecule has 1 N–H and O–H groups in total. The number of aromatic nitrogens is 2. The zero-order valence-corrected chi connectivity index (χ0v) is 18.2. The van der Waals surface area contributed by atoms with Gasteiger partial charge in [-0.05, 0) is 42.5 Å². The van der Waals surface area contributed by atoms with E-state index in [9.17, 15) is 13.2 Å². The summed E-state index contributed by atoms with van der Waals surface area (Å²) < 4.78 is 32.7. The van der Waals surface area contributed by atoms with Gasteiger partial charge >= 0.3 is 6.01 Å². The van der Waals surface area contributed by atoms with E-state index >= 15 is 0 Å². The maximum absolute atomic E-state index is 12.5. The lowest BCUT2D eigenvalue weighted by molar-refractivity contribution is 0.102. The van der Waals surface area contributed by atoms with Gasteiger partial charge in [-0.1, -0.05) is 40.9 Å². The van der Waals surface area contributed by atoms with E-state index in [2.05, 4.69) is 31.4 Å². The van der Waals surface area contributed by atoms with Crippen molar-refractivity contribution in [2.24, 2.45) is 0 Å². The van der Waals surface area contributed by atoms with Crippen LogP contribution in [0.15, 0.2) is 62.3 Å². The number of hydrogen-bond donors (Lipinski definition) is 1. The van der Waals surface area contributed by atoms with Gasteiger partial charge in [0.15, 0.2) is 0 Å². The molecule has 3 rings (SSSR count). The molecule has 0 saturated carbocycles. The van der Waals surface area contributed by atoms with E-state index in [4.69, 9.17) is 4.42 Å². The molecule has 3 aromatic rings. The van der Waals surface area contributed by atoms with Crippen molar-refractivity contribution in [3.05, 3.63) is 58.6 Å². The zero-order chi connectivity index (χ0) is 21.0. The number of nitrogens with zero attached hydrogens (tertiary/aromatic N) is 3. The van der Waals surface area contributed by atoms with Crippen LogP contribution in [0, 0.1) is 0 Å². The summed E-state index contributed by atoms with van der Waals surface area (Å²) >= 11 is 3.37. The minimum absolute atomic E-state index is 0.0511. The smallest absolute Gasteiger partial charge is 0.322 e. The van der Waals surface area contributed by atoms with Gasteiger partial charge in [0.1, 0.15) is 0 Å². The van der Waals surface area contributed by atoms with Crippen LogP contribution < -0.4 is 5.32 Å². The van der Waals surface area contributed by atoms with Crippen LogP contribution in [0.2, 0.25) is 0 Å². The van der Waals surface area contributed by atoms with Crippen LogP contribution in [0.5, 0.6) is 0 Å². The highest BCUT2D eigenvalue weighted by Crippen LogP contribution is 2.23. The molecule has 29 heavy (non-hydrogen) atoms. The molecule has 0 radical (unpaired) electrons. The molecule has 0 atom stereocenters. The molecule has 8 nitrogen and oxygen atoms in total. The molecule has 10 heteroatoms. The Labute approximate surface area is 177 Å². The maximum Gasteiger partial charge on any atom is 0.322 e. The lowest BCUT2D eigenvalue weighted by atomic mass is 10.2. The topological polar surface area (TPSA) is 105 Å². The van der Waals surface area contributed by atoms with Gasteiger partial charge in [-0.15, -0.1) is 5.10 Å². The largest absolute Gasteiger partial charge is 0.403 e. The van der Waals surface area contributed by atoms with Crippen LogP contribution in [0.1, 0.15) is 24.2 Å². The van der Waals surface area contributed by atoms with Crippen molar-refractivity contribution < 1.29 is 17.6 Å². The van der Waals surface area contributed by atoms with Gasteiger partial charge in [0.25, 0.3) is 5.91 Å². The monoisotopic (exact) mass is 478 g/mol. The second-order valence-electron chi connectivity index (χ2n) is 5.99. The molecule has 0 spiro atoms. The summed E-state index contributed by atoms with van der Waals surface area (Å²) in [7, 11) is -3.58. The number of amides is 1. The number of nitrogens with one attached hydrogen (secondary N) is 1. The molecule has 152 valence electrons. The second-order valence-corrected chi connectivity index (χ2v) is 8.84. The first-order valence-electron chi connectivity index (χ1n) is 8.86. The minimum atomic E-state index is -3.58. The normalized spacial score (nSPS) is 11.6.